The largest absolute Gasteiger partial charge is 0.359 e. The van der Waals surface area contributed by atoms with Gasteiger partial charge in [-0.15, -0.1) is 0 Å². The summed E-state index contributed by atoms with van der Waals surface area (Å²) in [4.78, 5) is 68.9. The fraction of sp³-hybridized carbons (Fsp3) is 0.280. The molecule has 0 aliphatic carbocycles. The lowest BCUT2D eigenvalue weighted by atomic mass is 10.1. The summed E-state index contributed by atoms with van der Waals surface area (Å²) in [6.45, 7) is 1.15. The monoisotopic (exact) mass is 896 g/mol. The molecule has 0 fully saturated rings. The number of amides is 4. The van der Waals surface area contributed by atoms with Gasteiger partial charge in [0, 0.05) is 81.9 Å². The van der Waals surface area contributed by atoms with Gasteiger partial charge in [0.05, 0.1) is 21.8 Å². The molecule has 0 spiro atoms. The molecule has 0 saturated heterocycles. The minimum atomic E-state index is -0.212. The molecule has 4 N–H and O–H groups in total. The number of anilines is 6. The van der Waals surface area contributed by atoms with Crippen LogP contribution in [0.1, 0.15) is 84.9 Å². The van der Waals surface area contributed by atoms with Crippen LogP contribution in [0.2, 0.25) is 5.02 Å². The Kier molecular flexibility index (Phi) is 20.4. The van der Waals surface area contributed by atoms with Gasteiger partial charge in [0.2, 0.25) is 23.7 Å². The molecule has 0 bridgehead atoms. The first-order valence-electron chi connectivity index (χ1n) is 21.9. The summed E-state index contributed by atoms with van der Waals surface area (Å²) in [5.41, 5.74) is 4.30. The van der Waals surface area contributed by atoms with Crippen LogP contribution >= 0.6 is 11.6 Å². The van der Waals surface area contributed by atoms with Crippen molar-refractivity contribution in [2.45, 2.75) is 64.2 Å². The highest BCUT2D eigenvalue weighted by Gasteiger charge is 2.19. The Labute approximate surface area is 386 Å². The maximum Gasteiger partial charge on any atom is 0.254 e. The SMILES string of the molecule is CNC(=O)CCCCCCNC(=O)c1cnc(N(c2ccccc2)c2ccccc2)nc1.CNC(=O)CCCCCCNC(=O)c1cnc(N(c2ccccc2)c2ccccc2Cl)nc1. The Balaban J connectivity index is 0.000000244. The average molecular weight is 898 g/mol. The molecular formula is C50H57ClN10O4. The van der Waals surface area contributed by atoms with Crippen molar-refractivity contribution < 1.29 is 19.2 Å². The van der Waals surface area contributed by atoms with Gasteiger partial charge in [-0.3, -0.25) is 29.0 Å². The van der Waals surface area contributed by atoms with Crippen molar-refractivity contribution in [2.24, 2.45) is 0 Å². The van der Waals surface area contributed by atoms with Gasteiger partial charge in [0.25, 0.3) is 11.8 Å². The number of para-hydroxylation sites is 4. The van der Waals surface area contributed by atoms with Crippen molar-refractivity contribution in [3.05, 3.63) is 156 Å². The van der Waals surface area contributed by atoms with Crippen molar-refractivity contribution in [1.82, 2.24) is 41.2 Å². The van der Waals surface area contributed by atoms with E-state index in [-0.39, 0.29) is 23.6 Å². The molecule has 0 radical (unpaired) electrons. The van der Waals surface area contributed by atoms with Crippen molar-refractivity contribution in [2.75, 3.05) is 37.0 Å². The van der Waals surface area contributed by atoms with Gasteiger partial charge in [-0.2, -0.15) is 0 Å². The molecule has 2 heterocycles. The summed E-state index contributed by atoms with van der Waals surface area (Å²) in [5.74, 6) is 0.646. The lowest BCUT2D eigenvalue weighted by Crippen LogP contribution is -2.25. The first-order chi connectivity index (χ1) is 31.8. The molecule has 0 unspecified atom stereocenters. The van der Waals surface area contributed by atoms with E-state index in [0.29, 0.717) is 54.0 Å². The standard InChI is InChI=1S/C25H28ClN5O2.C25H29N5O2/c1-27-23(32)15-7-2-3-10-16-28-24(33)19-17-29-25(30-18-19)31(20-11-5-4-6-12-20)22-14-9-8-13-21(22)26;1-26-23(31)16-10-2-3-11-17-27-24(32)20-18-28-25(29-19-20)30(21-12-6-4-7-13-21)22-14-8-5-9-15-22/h4-6,8-9,11-14,17-18H,2-3,7,10,15-16H2,1H3,(H,27,32)(H,28,33);4-9,12-15,18-19H,2-3,10-11,16-17H2,1H3,(H,26,31)(H,27,32). The smallest absolute Gasteiger partial charge is 0.254 e. The predicted molar refractivity (Wildman–Crippen MR) is 257 cm³/mol. The number of nitrogens with zero attached hydrogens (tertiary/aromatic N) is 6. The molecule has 0 aliphatic heterocycles. The number of carbonyl (C=O) groups excluding carboxylic acids is 4. The van der Waals surface area contributed by atoms with E-state index in [2.05, 4.69) is 41.2 Å². The highest BCUT2D eigenvalue weighted by Crippen LogP contribution is 2.36. The van der Waals surface area contributed by atoms with Crippen LogP contribution in [-0.2, 0) is 9.59 Å². The van der Waals surface area contributed by atoms with E-state index in [1.165, 1.54) is 12.4 Å². The summed E-state index contributed by atoms with van der Waals surface area (Å²) in [6, 6.07) is 36.9. The summed E-state index contributed by atoms with van der Waals surface area (Å²) in [6.07, 6.45) is 14.5. The molecule has 338 valence electrons. The first kappa shape index (κ1) is 48.8. The Hall–Kier alpha value is -7.19. The van der Waals surface area contributed by atoms with Crippen LogP contribution in [-0.4, -0.2) is 70.7 Å². The molecule has 4 aromatic carbocycles. The number of nitrogens with one attached hydrogen (secondary N) is 4. The zero-order valence-corrected chi connectivity index (χ0v) is 37.7. The number of hydrogen-bond donors (Lipinski definition) is 4. The topological polar surface area (TPSA) is 174 Å². The molecule has 2 aromatic heterocycles. The Morgan fingerprint density at radius 2 is 0.815 bits per heavy atom. The van der Waals surface area contributed by atoms with Crippen LogP contribution < -0.4 is 31.1 Å². The third-order valence-corrected chi connectivity index (χ3v) is 10.4. The van der Waals surface area contributed by atoms with Crippen molar-refractivity contribution >= 4 is 69.9 Å². The number of carbonyl (C=O) groups is 4. The minimum absolute atomic E-state index is 0.0621. The van der Waals surface area contributed by atoms with Crippen LogP contribution in [0.15, 0.2) is 140 Å². The van der Waals surface area contributed by atoms with E-state index >= 15 is 0 Å². The Morgan fingerprint density at radius 3 is 1.22 bits per heavy atom. The fourth-order valence-corrected chi connectivity index (χ4v) is 6.82. The quantitative estimate of drug-likeness (QED) is 0.0481. The maximum absolute atomic E-state index is 12.5. The lowest BCUT2D eigenvalue weighted by Gasteiger charge is -2.23. The van der Waals surface area contributed by atoms with Gasteiger partial charge < -0.3 is 21.3 Å². The molecule has 4 amide bonds. The third kappa shape index (κ3) is 15.8. The molecule has 65 heavy (non-hydrogen) atoms. The van der Waals surface area contributed by atoms with Crippen LogP contribution in [0.4, 0.5) is 34.6 Å². The van der Waals surface area contributed by atoms with E-state index in [1.54, 1.807) is 26.5 Å². The van der Waals surface area contributed by atoms with E-state index in [0.717, 1.165) is 74.1 Å². The van der Waals surface area contributed by atoms with Crippen molar-refractivity contribution in [1.29, 1.82) is 0 Å². The van der Waals surface area contributed by atoms with E-state index in [4.69, 9.17) is 11.6 Å². The van der Waals surface area contributed by atoms with Crippen LogP contribution in [0.25, 0.3) is 0 Å². The van der Waals surface area contributed by atoms with E-state index in [9.17, 15) is 19.2 Å². The summed E-state index contributed by atoms with van der Waals surface area (Å²) in [7, 11) is 3.29. The number of halogens is 1. The van der Waals surface area contributed by atoms with Crippen LogP contribution in [0, 0.1) is 0 Å². The fourth-order valence-electron chi connectivity index (χ4n) is 6.60. The second-order valence-corrected chi connectivity index (χ2v) is 15.3. The van der Waals surface area contributed by atoms with E-state index < -0.39 is 0 Å². The second-order valence-electron chi connectivity index (χ2n) is 14.9. The zero-order valence-electron chi connectivity index (χ0n) is 37.0. The van der Waals surface area contributed by atoms with Gasteiger partial charge in [0.1, 0.15) is 0 Å². The van der Waals surface area contributed by atoms with Gasteiger partial charge in [-0.05, 0) is 74.2 Å². The number of unbranched alkanes of at least 4 members (excludes halogenated alkanes) is 6. The van der Waals surface area contributed by atoms with Crippen molar-refractivity contribution in [3.8, 4) is 0 Å². The van der Waals surface area contributed by atoms with Gasteiger partial charge in [0.15, 0.2) is 0 Å². The average Bonchev–Trinajstić information content (AvgIpc) is 3.35. The van der Waals surface area contributed by atoms with Crippen LogP contribution in [0.5, 0.6) is 0 Å². The molecule has 0 saturated carbocycles. The molecular weight excluding hydrogens is 840 g/mol. The first-order valence-corrected chi connectivity index (χ1v) is 22.3. The third-order valence-electron chi connectivity index (χ3n) is 10.1. The number of aromatic nitrogens is 4. The number of benzene rings is 4. The Bertz CT molecular complexity index is 2320. The molecule has 6 rings (SSSR count). The molecule has 6 aromatic rings. The predicted octanol–water partition coefficient (Wildman–Crippen LogP) is 9.40. The number of hydrogen-bond acceptors (Lipinski definition) is 10. The lowest BCUT2D eigenvalue weighted by molar-refractivity contribution is -0.121. The summed E-state index contributed by atoms with van der Waals surface area (Å²) >= 11 is 6.44. The minimum Gasteiger partial charge on any atom is -0.359 e. The maximum atomic E-state index is 12.5. The van der Waals surface area contributed by atoms with Crippen LogP contribution in [0.3, 0.4) is 0 Å². The zero-order chi connectivity index (χ0) is 46.1. The summed E-state index contributed by atoms with van der Waals surface area (Å²) < 4.78 is 0. The van der Waals surface area contributed by atoms with E-state index in [1.807, 2.05) is 125 Å². The highest BCUT2D eigenvalue weighted by molar-refractivity contribution is 6.33. The molecule has 0 aliphatic rings. The number of rotatable bonds is 22. The van der Waals surface area contributed by atoms with Gasteiger partial charge in [-0.25, -0.2) is 19.9 Å². The summed E-state index contributed by atoms with van der Waals surface area (Å²) in [5, 5.41) is 11.6. The highest BCUT2D eigenvalue weighted by atomic mass is 35.5. The second kappa shape index (κ2) is 27.1. The molecule has 0 atom stereocenters. The van der Waals surface area contributed by atoms with Gasteiger partial charge >= 0.3 is 0 Å². The normalized spacial score (nSPS) is 10.4. The Morgan fingerprint density at radius 1 is 0.462 bits per heavy atom. The van der Waals surface area contributed by atoms with Gasteiger partial charge in [-0.1, -0.05) is 104 Å². The molecule has 15 heteroatoms. The molecule has 14 nitrogen and oxygen atoms in total. The van der Waals surface area contributed by atoms with Crippen molar-refractivity contribution in [3.63, 3.8) is 0 Å².